The number of aryl methyl sites for hydroxylation is 1. The Morgan fingerprint density at radius 1 is 1.12 bits per heavy atom. The molecule has 2 rings (SSSR count). The molecule has 0 fully saturated rings. The second-order valence-electron chi connectivity index (χ2n) is 5.26. The maximum atomic E-state index is 11.9. The number of rotatable bonds is 6. The minimum absolute atomic E-state index is 0.0728. The van der Waals surface area contributed by atoms with Gasteiger partial charge in [-0.2, -0.15) is 0 Å². The van der Waals surface area contributed by atoms with Crippen LogP contribution in [0.25, 0.3) is 0 Å². The molecular formula is C16H20N4O3S. The van der Waals surface area contributed by atoms with Crippen molar-refractivity contribution in [1.82, 2.24) is 15.0 Å². The van der Waals surface area contributed by atoms with Gasteiger partial charge in [-0.15, -0.1) is 0 Å². The summed E-state index contributed by atoms with van der Waals surface area (Å²) in [7, 11) is -1.90. The van der Waals surface area contributed by atoms with E-state index in [1.807, 2.05) is 13.0 Å². The Labute approximate surface area is 141 Å². The molecule has 7 nitrogen and oxygen atoms in total. The van der Waals surface area contributed by atoms with Gasteiger partial charge >= 0.3 is 6.03 Å². The number of aromatic nitrogens is 1. The van der Waals surface area contributed by atoms with Crippen LogP contribution in [-0.2, 0) is 22.3 Å². The van der Waals surface area contributed by atoms with Crippen LogP contribution in [0, 0.1) is 6.92 Å². The van der Waals surface area contributed by atoms with Crippen molar-refractivity contribution in [2.45, 2.75) is 19.2 Å². The van der Waals surface area contributed by atoms with Gasteiger partial charge in [0, 0.05) is 12.7 Å². The summed E-state index contributed by atoms with van der Waals surface area (Å²) < 4.78 is 25.2. The third kappa shape index (κ3) is 5.32. The predicted octanol–water partition coefficient (Wildman–Crippen LogP) is 1.76. The van der Waals surface area contributed by atoms with E-state index in [9.17, 15) is 13.2 Å². The molecule has 1 aromatic heterocycles. The molecule has 0 bridgehead atoms. The molecule has 0 saturated heterocycles. The van der Waals surface area contributed by atoms with E-state index in [1.54, 1.807) is 36.5 Å². The molecule has 0 aliphatic carbocycles. The minimum atomic E-state index is -3.29. The number of carbonyl (C=O) groups is 1. The van der Waals surface area contributed by atoms with Crippen molar-refractivity contribution in [2.75, 3.05) is 12.4 Å². The molecule has 128 valence electrons. The fourth-order valence-corrected chi connectivity index (χ4v) is 2.77. The Morgan fingerprint density at radius 3 is 2.42 bits per heavy atom. The van der Waals surface area contributed by atoms with Crippen molar-refractivity contribution in [2.24, 2.45) is 0 Å². The molecule has 24 heavy (non-hydrogen) atoms. The zero-order valence-electron chi connectivity index (χ0n) is 13.5. The van der Waals surface area contributed by atoms with Gasteiger partial charge in [0.15, 0.2) is 0 Å². The molecule has 0 aliphatic heterocycles. The van der Waals surface area contributed by atoms with Gasteiger partial charge in [0.05, 0.1) is 5.75 Å². The summed E-state index contributed by atoms with van der Waals surface area (Å²) in [4.78, 5) is 16.0. The van der Waals surface area contributed by atoms with E-state index in [1.165, 1.54) is 7.05 Å². The van der Waals surface area contributed by atoms with E-state index < -0.39 is 10.0 Å². The second-order valence-corrected chi connectivity index (χ2v) is 7.18. The van der Waals surface area contributed by atoms with E-state index in [0.29, 0.717) is 17.9 Å². The number of nitrogens with one attached hydrogen (secondary N) is 3. The molecule has 3 N–H and O–H groups in total. The maximum Gasteiger partial charge on any atom is 0.320 e. The van der Waals surface area contributed by atoms with Gasteiger partial charge in [-0.3, -0.25) is 5.32 Å². The van der Waals surface area contributed by atoms with Crippen LogP contribution in [0.5, 0.6) is 0 Å². The van der Waals surface area contributed by atoms with Crippen molar-refractivity contribution < 1.29 is 13.2 Å². The lowest BCUT2D eigenvalue weighted by Gasteiger charge is -2.09. The van der Waals surface area contributed by atoms with Crippen molar-refractivity contribution in [3.05, 3.63) is 59.3 Å². The molecule has 0 saturated carbocycles. The van der Waals surface area contributed by atoms with E-state index in [4.69, 9.17) is 0 Å². The number of nitrogens with zero attached hydrogens (tertiary/aromatic N) is 1. The first-order valence-corrected chi connectivity index (χ1v) is 9.00. The highest BCUT2D eigenvalue weighted by molar-refractivity contribution is 7.88. The van der Waals surface area contributed by atoms with Crippen LogP contribution < -0.4 is 15.4 Å². The van der Waals surface area contributed by atoms with Gasteiger partial charge in [-0.25, -0.2) is 22.9 Å². The molecule has 1 aromatic carbocycles. The molecule has 8 heteroatoms. The van der Waals surface area contributed by atoms with Crippen molar-refractivity contribution >= 4 is 21.9 Å². The highest BCUT2D eigenvalue weighted by Gasteiger charge is 2.09. The van der Waals surface area contributed by atoms with Gasteiger partial charge in [-0.05, 0) is 36.7 Å². The number of sulfonamides is 1. The average molecular weight is 348 g/mol. The summed E-state index contributed by atoms with van der Waals surface area (Å²) in [5.74, 6) is 0.444. The zero-order valence-corrected chi connectivity index (χ0v) is 14.4. The molecule has 0 unspecified atom stereocenters. The summed E-state index contributed by atoms with van der Waals surface area (Å²) in [5, 5.41) is 5.41. The van der Waals surface area contributed by atoms with Crippen LogP contribution in [0.1, 0.15) is 16.7 Å². The third-order valence-electron chi connectivity index (χ3n) is 3.39. The monoisotopic (exact) mass is 348 g/mol. The summed E-state index contributed by atoms with van der Waals surface area (Å²) in [6, 6.07) is 10.3. The van der Waals surface area contributed by atoms with Crippen LogP contribution in [-0.4, -0.2) is 26.5 Å². The van der Waals surface area contributed by atoms with Crippen molar-refractivity contribution in [3.63, 3.8) is 0 Å². The topological polar surface area (TPSA) is 100 Å². The van der Waals surface area contributed by atoms with Crippen LogP contribution >= 0.6 is 0 Å². The van der Waals surface area contributed by atoms with E-state index in [0.717, 1.165) is 11.1 Å². The number of pyridine rings is 1. The van der Waals surface area contributed by atoms with E-state index in [2.05, 4.69) is 20.3 Å². The highest BCUT2D eigenvalue weighted by Crippen LogP contribution is 2.10. The van der Waals surface area contributed by atoms with Gasteiger partial charge < -0.3 is 5.32 Å². The normalized spacial score (nSPS) is 11.1. The van der Waals surface area contributed by atoms with Gasteiger partial charge in [0.2, 0.25) is 10.0 Å². The smallest absolute Gasteiger partial charge is 0.320 e. The summed E-state index contributed by atoms with van der Waals surface area (Å²) in [6.07, 6.45) is 1.61. The number of anilines is 1. The summed E-state index contributed by atoms with van der Waals surface area (Å²) in [5.41, 5.74) is 2.43. The lowest BCUT2D eigenvalue weighted by atomic mass is 10.1. The van der Waals surface area contributed by atoms with Crippen LogP contribution in [0.3, 0.4) is 0 Å². The van der Waals surface area contributed by atoms with Gasteiger partial charge in [0.1, 0.15) is 5.82 Å². The number of urea groups is 1. The van der Waals surface area contributed by atoms with E-state index >= 15 is 0 Å². The zero-order chi connectivity index (χ0) is 17.6. The molecule has 1 heterocycles. The lowest BCUT2D eigenvalue weighted by molar-refractivity contribution is 0.251. The highest BCUT2D eigenvalue weighted by atomic mass is 32.2. The predicted molar refractivity (Wildman–Crippen MR) is 93.0 cm³/mol. The molecule has 0 aliphatic rings. The fraction of sp³-hybridized carbons (Fsp3) is 0.250. The second kappa shape index (κ2) is 7.89. The average Bonchev–Trinajstić information content (AvgIpc) is 2.56. The Kier molecular flexibility index (Phi) is 5.88. The molecule has 2 aromatic rings. The largest absolute Gasteiger partial charge is 0.334 e. The van der Waals surface area contributed by atoms with Crippen LogP contribution in [0.4, 0.5) is 10.6 Å². The first-order chi connectivity index (χ1) is 11.4. The SMILES string of the molecule is CNS(=O)(=O)Cc1ccc(CNC(=O)Nc2ncccc2C)cc1. The number of benzene rings is 1. The fourth-order valence-electron chi connectivity index (χ4n) is 2.00. The maximum absolute atomic E-state index is 11.9. The van der Waals surface area contributed by atoms with Gasteiger partial charge in [0.25, 0.3) is 0 Å². The number of carbonyl (C=O) groups excluding carboxylic acids is 1. The quantitative estimate of drug-likeness (QED) is 0.740. The van der Waals surface area contributed by atoms with E-state index in [-0.39, 0.29) is 11.8 Å². The Hall–Kier alpha value is -2.45. The molecule has 0 radical (unpaired) electrons. The number of hydrogen-bond acceptors (Lipinski definition) is 4. The standard InChI is InChI=1S/C16H20N4O3S/c1-12-4-3-9-18-15(12)20-16(21)19-10-13-5-7-14(8-6-13)11-24(22,23)17-2/h3-9,17H,10-11H2,1-2H3,(H2,18,19,20,21). The first kappa shape index (κ1) is 17.9. The van der Waals surface area contributed by atoms with Crippen molar-refractivity contribution in [1.29, 1.82) is 0 Å². The summed E-state index contributed by atoms with van der Waals surface area (Å²) >= 11 is 0. The van der Waals surface area contributed by atoms with Crippen LogP contribution in [0.15, 0.2) is 42.6 Å². The molecule has 0 spiro atoms. The molecular weight excluding hydrogens is 328 g/mol. The molecule has 2 amide bonds. The van der Waals surface area contributed by atoms with Gasteiger partial charge in [-0.1, -0.05) is 30.3 Å². The lowest BCUT2D eigenvalue weighted by Crippen LogP contribution is -2.28. The first-order valence-electron chi connectivity index (χ1n) is 7.35. The van der Waals surface area contributed by atoms with Crippen LogP contribution in [0.2, 0.25) is 0 Å². The minimum Gasteiger partial charge on any atom is -0.334 e. The Balaban J connectivity index is 1.88. The Bertz CT molecular complexity index is 804. The molecule has 0 atom stereocenters. The Morgan fingerprint density at radius 2 is 1.79 bits per heavy atom. The number of amides is 2. The summed E-state index contributed by atoms with van der Waals surface area (Å²) in [6.45, 7) is 2.19. The number of hydrogen-bond donors (Lipinski definition) is 3. The van der Waals surface area contributed by atoms with Crippen molar-refractivity contribution in [3.8, 4) is 0 Å². The third-order valence-corrected chi connectivity index (χ3v) is 4.72.